The molecule has 1 aliphatic heterocycles. The molecule has 0 saturated carbocycles. The Hall–Kier alpha value is -1.78. The van der Waals surface area contributed by atoms with Crippen molar-refractivity contribution >= 4 is 28.5 Å². The van der Waals surface area contributed by atoms with Crippen LogP contribution in [-0.4, -0.2) is 24.5 Å². The molecule has 1 aliphatic rings. The number of carbonyl (C=O) groups is 1. The van der Waals surface area contributed by atoms with Crippen LogP contribution in [0.15, 0.2) is 29.2 Å². The lowest BCUT2D eigenvalue weighted by molar-refractivity contribution is -0.130. The van der Waals surface area contributed by atoms with Gasteiger partial charge in [0.25, 0.3) is 5.95 Å². The number of hydrogen-bond acceptors (Lipinski definition) is 4. The zero-order chi connectivity index (χ0) is 14.3. The summed E-state index contributed by atoms with van der Waals surface area (Å²) in [6.45, 7) is 4.94. The van der Waals surface area contributed by atoms with E-state index >= 15 is 0 Å². The fraction of sp³-hybridized carbons (Fsp3) is 0.267. The van der Waals surface area contributed by atoms with Crippen LogP contribution in [0.1, 0.15) is 11.1 Å². The van der Waals surface area contributed by atoms with Crippen molar-refractivity contribution in [3.63, 3.8) is 0 Å². The molecule has 104 valence electrons. The molecule has 0 fully saturated rings. The minimum absolute atomic E-state index is 0.238. The van der Waals surface area contributed by atoms with Crippen molar-refractivity contribution in [2.24, 2.45) is 0 Å². The SMILES string of the molecule is C=CC(=O)Oc1oc2ccc(Cl)c3c2c1CN(C)CC3. The number of furan rings is 1. The van der Waals surface area contributed by atoms with Gasteiger partial charge in [0.2, 0.25) is 0 Å². The summed E-state index contributed by atoms with van der Waals surface area (Å²) in [4.78, 5) is 13.6. The summed E-state index contributed by atoms with van der Waals surface area (Å²) in [5, 5.41) is 1.69. The van der Waals surface area contributed by atoms with E-state index in [0.29, 0.717) is 12.1 Å². The second-order valence-electron chi connectivity index (χ2n) is 4.88. The number of hydrogen-bond donors (Lipinski definition) is 0. The van der Waals surface area contributed by atoms with Crippen molar-refractivity contribution in [1.29, 1.82) is 0 Å². The molecule has 4 nitrogen and oxygen atoms in total. The smallest absolute Gasteiger partial charge is 0.337 e. The third kappa shape index (κ3) is 2.11. The van der Waals surface area contributed by atoms with Crippen LogP contribution in [0.4, 0.5) is 0 Å². The Morgan fingerprint density at radius 3 is 3.05 bits per heavy atom. The first-order valence-electron chi connectivity index (χ1n) is 6.35. The Bertz CT molecular complexity index is 705. The van der Waals surface area contributed by atoms with Crippen LogP contribution in [0.25, 0.3) is 11.0 Å². The highest BCUT2D eigenvalue weighted by molar-refractivity contribution is 6.32. The van der Waals surface area contributed by atoms with Crippen molar-refractivity contribution in [3.05, 3.63) is 40.9 Å². The number of likely N-dealkylation sites (N-methyl/N-ethyl adjacent to an activating group) is 1. The van der Waals surface area contributed by atoms with E-state index in [1.807, 2.05) is 13.1 Å². The van der Waals surface area contributed by atoms with Gasteiger partial charge in [0, 0.05) is 29.6 Å². The van der Waals surface area contributed by atoms with Crippen molar-refractivity contribution in [2.45, 2.75) is 13.0 Å². The predicted molar refractivity (Wildman–Crippen MR) is 77.1 cm³/mol. The molecule has 0 saturated heterocycles. The summed E-state index contributed by atoms with van der Waals surface area (Å²) in [5.41, 5.74) is 2.61. The summed E-state index contributed by atoms with van der Waals surface area (Å²) < 4.78 is 10.9. The topological polar surface area (TPSA) is 42.7 Å². The van der Waals surface area contributed by atoms with Gasteiger partial charge in [-0.25, -0.2) is 4.79 Å². The molecule has 0 unspecified atom stereocenters. The monoisotopic (exact) mass is 291 g/mol. The highest BCUT2D eigenvalue weighted by Crippen LogP contribution is 2.39. The van der Waals surface area contributed by atoms with Gasteiger partial charge in [-0.1, -0.05) is 18.2 Å². The quantitative estimate of drug-likeness (QED) is 0.630. The lowest BCUT2D eigenvalue weighted by Crippen LogP contribution is -2.19. The van der Waals surface area contributed by atoms with Crippen LogP contribution >= 0.6 is 11.6 Å². The molecular weight excluding hydrogens is 278 g/mol. The highest BCUT2D eigenvalue weighted by atomic mass is 35.5. The Labute approximate surface area is 121 Å². The summed E-state index contributed by atoms with van der Waals surface area (Å²) >= 11 is 6.29. The van der Waals surface area contributed by atoms with Crippen LogP contribution in [0.5, 0.6) is 5.95 Å². The fourth-order valence-electron chi connectivity index (χ4n) is 2.54. The van der Waals surface area contributed by atoms with Gasteiger partial charge in [-0.05, 0) is 31.2 Å². The van der Waals surface area contributed by atoms with Gasteiger partial charge < -0.3 is 14.1 Å². The third-order valence-corrected chi connectivity index (χ3v) is 3.85. The van der Waals surface area contributed by atoms with E-state index in [2.05, 4.69) is 11.5 Å². The molecular formula is C15H14ClNO3. The second-order valence-corrected chi connectivity index (χ2v) is 5.29. The minimum atomic E-state index is -0.528. The van der Waals surface area contributed by atoms with Gasteiger partial charge in [0.1, 0.15) is 5.58 Å². The van der Waals surface area contributed by atoms with E-state index in [0.717, 1.165) is 40.6 Å². The first-order valence-corrected chi connectivity index (χ1v) is 6.73. The molecule has 0 spiro atoms. The largest absolute Gasteiger partial charge is 0.425 e. The number of halogens is 1. The Morgan fingerprint density at radius 1 is 1.50 bits per heavy atom. The Balaban J connectivity index is 2.22. The van der Waals surface area contributed by atoms with E-state index in [4.69, 9.17) is 20.8 Å². The molecule has 1 aromatic carbocycles. The molecule has 1 aromatic heterocycles. The molecule has 2 aromatic rings. The van der Waals surface area contributed by atoms with Gasteiger partial charge >= 0.3 is 5.97 Å². The van der Waals surface area contributed by atoms with Gasteiger partial charge in [0.15, 0.2) is 0 Å². The van der Waals surface area contributed by atoms with Crippen LogP contribution in [0.3, 0.4) is 0 Å². The van der Waals surface area contributed by atoms with Gasteiger partial charge in [-0.2, -0.15) is 0 Å². The van der Waals surface area contributed by atoms with E-state index in [9.17, 15) is 4.79 Å². The van der Waals surface area contributed by atoms with Gasteiger partial charge in [0.05, 0.1) is 5.56 Å². The van der Waals surface area contributed by atoms with E-state index < -0.39 is 5.97 Å². The van der Waals surface area contributed by atoms with Crippen molar-refractivity contribution in [2.75, 3.05) is 13.6 Å². The second kappa shape index (κ2) is 4.96. The minimum Gasteiger partial charge on any atom is -0.425 e. The lowest BCUT2D eigenvalue weighted by atomic mass is 10.0. The molecule has 0 N–H and O–H groups in total. The standard InChI is InChI=1S/C15H14ClNO3/c1-3-13(18)20-15-10-8-17(2)7-6-9-11(16)4-5-12(19-15)14(9)10/h3-5H,1,6-8H2,2H3. The maximum Gasteiger partial charge on any atom is 0.337 e. The van der Waals surface area contributed by atoms with E-state index in [1.54, 1.807) is 6.07 Å². The zero-order valence-corrected chi connectivity index (χ0v) is 11.9. The molecule has 0 atom stereocenters. The Morgan fingerprint density at radius 2 is 2.30 bits per heavy atom. The molecule has 5 heteroatoms. The van der Waals surface area contributed by atoms with Crippen LogP contribution < -0.4 is 4.74 Å². The average molecular weight is 292 g/mol. The van der Waals surface area contributed by atoms with Crippen molar-refractivity contribution in [1.82, 2.24) is 4.90 Å². The number of nitrogens with zero attached hydrogens (tertiary/aromatic N) is 1. The lowest BCUT2D eigenvalue weighted by Gasteiger charge is -2.13. The van der Waals surface area contributed by atoms with Crippen LogP contribution in [0, 0.1) is 0 Å². The highest BCUT2D eigenvalue weighted by Gasteiger charge is 2.25. The van der Waals surface area contributed by atoms with Gasteiger partial charge in [-0.3, -0.25) is 0 Å². The number of carbonyl (C=O) groups excluding carboxylic acids is 1. The van der Waals surface area contributed by atoms with Crippen LogP contribution in [-0.2, 0) is 17.8 Å². The van der Waals surface area contributed by atoms with Crippen molar-refractivity contribution < 1.29 is 13.9 Å². The third-order valence-electron chi connectivity index (χ3n) is 3.50. The van der Waals surface area contributed by atoms with E-state index in [1.165, 1.54) is 0 Å². The first-order chi connectivity index (χ1) is 9.60. The predicted octanol–water partition coefficient (Wildman–Crippen LogP) is 3.17. The molecule has 0 aliphatic carbocycles. The zero-order valence-electron chi connectivity index (χ0n) is 11.1. The molecule has 3 rings (SSSR count). The van der Waals surface area contributed by atoms with E-state index in [-0.39, 0.29) is 5.95 Å². The number of benzene rings is 1. The summed E-state index contributed by atoms with van der Waals surface area (Å²) in [6.07, 6.45) is 1.96. The number of rotatable bonds is 2. The number of esters is 1. The number of ether oxygens (including phenoxy) is 1. The first kappa shape index (κ1) is 13.2. The summed E-state index contributed by atoms with van der Waals surface area (Å²) in [7, 11) is 2.01. The molecule has 2 heterocycles. The summed E-state index contributed by atoms with van der Waals surface area (Å²) in [5.74, 6) is -0.290. The van der Waals surface area contributed by atoms with Crippen molar-refractivity contribution in [3.8, 4) is 5.95 Å². The normalized spacial score (nSPS) is 15.1. The van der Waals surface area contributed by atoms with Gasteiger partial charge in [-0.15, -0.1) is 0 Å². The molecule has 0 amide bonds. The Kier molecular flexibility index (Phi) is 3.28. The molecule has 0 radical (unpaired) electrons. The van der Waals surface area contributed by atoms with Crippen LogP contribution in [0.2, 0.25) is 5.02 Å². The fourth-order valence-corrected chi connectivity index (χ4v) is 2.79. The molecule has 0 bridgehead atoms. The maximum atomic E-state index is 11.4. The average Bonchev–Trinajstić information content (AvgIpc) is 2.64. The molecule has 20 heavy (non-hydrogen) atoms. The maximum absolute atomic E-state index is 11.4. The summed E-state index contributed by atoms with van der Waals surface area (Å²) in [6, 6.07) is 3.62.